The van der Waals surface area contributed by atoms with Gasteiger partial charge in [0.15, 0.2) is 25.5 Å². The maximum atomic E-state index is 15.3. The van der Waals surface area contributed by atoms with Crippen LogP contribution in [0.5, 0.6) is 0 Å². The Balaban J connectivity index is 0.00000422. The molecule has 1 aliphatic heterocycles. The molecule has 18 heteroatoms. The van der Waals surface area contributed by atoms with E-state index in [1.165, 1.54) is 30.8 Å². The van der Waals surface area contributed by atoms with Crippen LogP contribution in [0.1, 0.15) is 70.3 Å². The average Bonchev–Trinajstić information content (AvgIpc) is 3.21. The molecule has 62 heavy (non-hydrogen) atoms. The minimum Gasteiger partial charge on any atom is -0.456 e. The third-order valence-electron chi connectivity index (χ3n) is 12.8. The monoisotopic (exact) mass is 1310 g/mol. The molecule has 3 N–H and O–H groups in total. The Morgan fingerprint density at radius 1 is 0.919 bits per heavy atom. The summed E-state index contributed by atoms with van der Waals surface area (Å²) in [5, 5.41) is 38.5. The molecule has 3 aliphatic carbocycles. The summed E-state index contributed by atoms with van der Waals surface area (Å²) in [6, 6.07) is 16.9. The molecule has 9 unspecified atom stereocenters. The second-order valence-corrected chi connectivity index (χ2v) is 17.8. The molecule has 3 fully saturated rings. The second kappa shape index (κ2) is 22.2. The Bertz CT molecular complexity index is 1920. The van der Waals surface area contributed by atoms with Crippen LogP contribution in [-0.4, -0.2) is 119 Å². The number of carbonyl (C=O) groups excluding carboxylic acids is 4. The number of Topliss-reactive ketones (excluding diaryl/α,β-unsaturated/α-hetero) is 1. The Labute approximate surface area is 438 Å². The molecular weight excluding hydrogens is 1250 g/mol. The number of aliphatic hydroxyl groups excluding tert-OH is 1. The van der Waals surface area contributed by atoms with E-state index in [0.717, 1.165) is 0 Å². The molecule has 6 rings (SSSR count). The van der Waals surface area contributed by atoms with Crippen molar-refractivity contribution in [1.29, 1.82) is 0 Å². The van der Waals surface area contributed by atoms with Gasteiger partial charge in [-0.3, -0.25) is 4.79 Å². The fraction of sp³-hybridized carbons (Fsp3) is 0.591. The first-order valence-corrected chi connectivity index (χ1v) is 21.4. The Morgan fingerprint density at radius 3 is 2.16 bits per heavy atom. The van der Waals surface area contributed by atoms with E-state index in [0.29, 0.717) is 11.5 Å². The fourth-order valence-electron chi connectivity index (χ4n) is 9.46. The number of rotatable bonds is 15. The zero-order valence-electron chi connectivity index (χ0n) is 36.1. The van der Waals surface area contributed by atoms with Gasteiger partial charge in [0.25, 0.3) is 0 Å². The van der Waals surface area contributed by atoms with E-state index in [1.807, 2.05) is 12.3 Å². The summed E-state index contributed by atoms with van der Waals surface area (Å²) in [5.41, 5.74) is -6.75. The standard InChI is InChI=1S/C44H56O15S.2Ac/c1-25(2)34(56-23-52-22-53-24-60-7)39(48)57-29-19-44(51)37(59-38(47)28-16-12-9-13-17-28)35-42(6,36(46)33(45)32(26(29)3)41(44,4)5)30(18-31-43(35,50)21-55-31)58-40(49)54-20-27-14-10-8-11-15-27;;/h8-17,25,29-31,33-35,37,45,50-51H,18-24H2,1-7H3;;/t29?,30?,31?,33?,34?,35?,37?,42-,43?,44?;;/m1../s1. The third kappa shape index (κ3) is 10.4. The van der Waals surface area contributed by atoms with Crippen molar-refractivity contribution in [3.63, 3.8) is 0 Å². The SMILES string of the molecule is CSCOCOCOC(C(=O)OC1CC2(O)C(OC(=O)c3ccccc3)C3C4(O)COC4CC(OC(=O)OCc4ccccc4)[C@@]3(C)C(=O)C(O)C(=C1C)C2(C)C)C(C)C.[Ac].[Ac]. The summed E-state index contributed by atoms with van der Waals surface area (Å²) in [4.78, 5) is 56.8. The molecule has 0 spiro atoms. The summed E-state index contributed by atoms with van der Waals surface area (Å²) >= 11 is 1.47. The molecule has 2 bridgehead atoms. The van der Waals surface area contributed by atoms with Gasteiger partial charge in [-0.2, -0.15) is 0 Å². The van der Waals surface area contributed by atoms with E-state index in [1.54, 1.807) is 77.1 Å². The number of hydrogen-bond donors (Lipinski definition) is 3. The molecule has 2 aromatic carbocycles. The summed E-state index contributed by atoms with van der Waals surface area (Å²) in [6.07, 6.45) is -8.47. The first kappa shape index (κ1) is 53.6. The van der Waals surface area contributed by atoms with Crippen molar-refractivity contribution in [3.8, 4) is 0 Å². The summed E-state index contributed by atoms with van der Waals surface area (Å²) in [5.74, 6) is -4.13. The quantitative estimate of drug-likeness (QED) is 0.0726. The van der Waals surface area contributed by atoms with Crippen LogP contribution < -0.4 is 0 Å². The van der Waals surface area contributed by atoms with Crippen LogP contribution in [-0.2, 0) is 54.1 Å². The van der Waals surface area contributed by atoms with Crippen molar-refractivity contribution < 1.29 is 161 Å². The molecule has 1 saturated heterocycles. The van der Waals surface area contributed by atoms with Gasteiger partial charge < -0.3 is 53.2 Å². The van der Waals surface area contributed by atoms with E-state index >= 15 is 4.79 Å². The van der Waals surface area contributed by atoms with Gasteiger partial charge in [0.2, 0.25) is 0 Å². The van der Waals surface area contributed by atoms with Crippen LogP contribution in [0.3, 0.4) is 0 Å². The number of ether oxygens (including phenoxy) is 8. The molecule has 0 aromatic heterocycles. The summed E-state index contributed by atoms with van der Waals surface area (Å²) in [7, 11) is 0. The molecule has 15 nitrogen and oxygen atoms in total. The van der Waals surface area contributed by atoms with Crippen molar-refractivity contribution in [1.82, 2.24) is 0 Å². The molecule has 1 heterocycles. The van der Waals surface area contributed by atoms with Gasteiger partial charge in [-0.05, 0) is 54.9 Å². The van der Waals surface area contributed by atoms with Gasteiger partial charge in [-0.25, -0.2) is 14.4 Å². The van der Waals surface area contributed by atoms with E-state index < -0.39 is 101 Å². The van der Waals surface area contributed by atoms with Gasteiger partial charge in [0.1, 0.15) is 42.2 Å². The minimum absolute atomic E-state index is 0. The number of hydrogen-bond acceptors (Lipinski definition) is 16. The number of aliphatic hydroxyl groups is 3. The van der Waals surface area contributed by atoms with Gasteiger partial charge in [0, 0.05) is 112 Å². The van der Waals surface area contributed by atoms with Crippen molar-refractivity contribution in [2.75, 3.05) is 32.4 Å². The van der Waals surface area contributed by atoms with Crippen LogP contribution in [0.25, 0.3) is 0 Å². The van der Waals surface area contributed by atoms with Crippen molar-refractivity contribution >= 4 is 35.6 Å². The number of fused-ring (bicyclic) bond motifs is 5. The van der Waals surface area contributed by atoms with Gasteiger partial charge in [0.05, 0.1) is 29.6 Å². The zero-order valence-corrected chi connectivity index (χ0v) is 46.5. The maximum Gasteiger partial charge on any atom is 0.508 e. The summed E-state index contributed by atoms with van der Waals surface area (Å²) in [6.45, 7) is 8.89. The average molecular weight is 1310 g/mol. The van der Waals surface area contributed by atoms with E-state index in [9.17, 15) is 29.7 Å². The Morgan fingerprint density at radius 2 is 1.56 bits per heavy atom. The fourth-order valence-corrected chi connectivity index (χ4v) is 9.70. The van der Waals surface area contributed by atoms with Crippen molar-refractivity contribution in [2.24, 2.45) is 22.7 Å². The van der Waals surface area contributed by atoms with E-state index in [4.69, 9.17) is 37.9 Å². The zero-order chi connectivity index (χ0) is 43.6. The molecule has 2 radical (unpaired) electrons. The van der Waals surface area contributed by atoms with Crippen LogP contribution in [0.15, 0.2) is 71.8 Å². The van der Waals surface area contributed by atoms with Gasteiger partial charge in [-0.15, -0.1) is 11.8 Å². The molecular formula is C44H56Ac2O15S. The number of ketones is 1. The van der Waals surface area contributed by atoms with Crippen LogP contribution >= 0.6 is 11.8 Å². The number of carbonyl (C=O) groups is 4. The Hall–Kier alpha value is -0.987. The van der Waals surface area contributed by atoms with Crippen molar-refractivity contribution in [3.05, 3.63) is 82.9 Å². The maximum absolute atomic E-state index is 15.3. The Kier molecular flexibility index (Phi) is 19.2. The van der Waals surface area contributed by atoms with E-state index in [2.05, 4.69) is 0 Å². The first-order valence-electron chi connectivity index (χ1n) is 20.0. The molecule has 2 aromatic rings. The third-order valence-corrected chi connectivity index (χ3v) is 13.2. The number of esters is 2. The normalized spacial score (nSPS) is 31.3. The second-order valence-electron chi connectivity index (χ2n) is 17.0. The molecule has 334 valence electrons. The van der Waals surface area contributed by atoms with Crippen molar-refractivity contribution in [2.45, 2.75) is 109 Å². The topological polar surface area (TPSA) is 203 Å². The number of benzene rings is 2. The minimum atomic E-state index is -2.28. The molecule has 2 saturated carbocycles. The predicted octanol–water partition coefficient (Wildman–Crippen LogP) is 4.73. The van der Waals surface area contributed by atoms with Crippen LogP contribution in [0, 0.1) is 111 Å². The summed E-state index contributed by atoms with van der Waals surface area (Å²) < 4.78 is 46.1. The number of thioether (sulfide) groups is 1. The van der Waals surface area contributed by atoms with Gasteiger partial charge >= 0.3 is 18.1 Å². The molecule has 0 amide bonds. The first-order chi connectivity index (χ1) is 28.4. The largest absolute Gasteiger partial charge is 0.508 e. The molecule has 4 aliphatic rings. The van der Waals surface area contributed by atoms with Crippen LogP contribution in [0.4, 0.5) is 4.79 Å². The van der Waals surface area contributed by atoms with Gasteiger partial charge in [-0.1, -0.05) is 76.2 Å². The smallest absolute Gasteiger partial charge is 0.456 e. The molecule has 10 atom stereocenters. The van der Waals surface area contributed by atoms with E-state index in [-0.39, 0.29) is 138 Å². The predicted molar refractivity (Wildman–Crippen MR) is 215 cm³/mol. The van der Waals surface area contributed by atoms with Crippen LogP contribution in [0.2, 0.25) is 0 Å².